The highest BCUT2D eigenvalue weighted by Gasteiger charge is 2.66. The second-order valence-electron chi connectivity index (χ2n) is 15.5. The van der Waals surface area contributed by atoms with Crippen LogP contribution >= 0.6 is 0 Å². The molecule has 0 aliphatic carbocycles. The number of carbonyl (C=O) groups excluding carboxylic acids is 1. The summed E-state index contributed by atoms with van der Waals surface area (Å²) in [4.78, 5) is 17.6. The van der Waals surface area contributed by atoms with Gasteiger partial charge in [0.05, 0.1) is 77.0 Å². The smallest absolute Gasteiger partial charge is 0.154 e. The lowest BCUT2D eigenvalue weighted by atomic mass is 9.04. The third-order valence-corrected chi connectivity index (χ3v) is 11.7. The minimum Gasteiger partial charge on any atom is -0.493 e. The van der Waals surface area contributed by atoms with Gasteiger partial charge in [0.2, 0.25) is 0 Å². The van der Waals surface area contributed by atoms with Crippen molar-refractivity contribution in [2.75, 3.05) is 27.3 Å². The molecule has 3 rings (SSSR count). The molecule has 2 aliphatic rings. The van der Waals surface area contributed by atoms with Crippen molar-refractivity contribution in [1.29, 1.82) is 0 Å². The molecule has 1 aromatic rings. The Labute approximate surface area is 238 Å². The van der Waals surface area contributed by atoms with Crippen LogP contribution in [-0.2, 0) is 11.2 Å². The molecule has 0 saturated carbocycles. The molecule has 0 radical (unpaired) electrons. The number of carbonyl (C=O) groups is 1. The van der Waals surface area contributed by atoms with Crippen LogP contribution in [0.5, 0.6) is 11.5 Å². The van der Waals surface area contributed by atoms with Gasteiger partial charge in [-0.3, -0.25) is 4.90 Å². The summed E-state index contributed by atoms with van der Waals surface area (Å²) in [7, 11) is 35.7. The van der Waals surface area contributed by atoms with E-state index in [9.17, 15) is 4.79 Å². The zero-order chi connectivity index (χ0) is 28.7. The van der Waals surface area contributed by atoms with Gasteiger partial charge in [0.15, 0.2) is 11.5 Å². The van der Waals surface area contributed by atoms with Gasteiger partial charge in [0.1, 0.15) is 52.9 Å². The van der Waals surface area contributed by atoms with Crippen LogP contribution in [0.15, 0.2) is 0 Å². The lowest BCUT2D eigenvalue weighted by molar-refractivity contribution is -0.130. The lowest BCUT2D eigenvalue weighted by Gasteiger charge is -2.70. The molecule has 37 heavy (non-hydrogen) atoms. The van der Waals surface area contributed by atoms with Gasteiger partial charge in [-0.05, 0) is 33.7 Å². The number of hydrogen-bond acceptors (Lipinski definition) is 4. The highest BCUT2D eigenvalue weighted by atomic mass is 16.5. The van der Waals surface area contributed by atoms with Crippen LogP contribution in [0.25, 0.3) is 0 Å². The number of rotatable bonds is 6. The van der Waals surface area contributed by atoms with Gasteiger partial charge in [-0.1, -0.05) is 10.5 Å². The van der Waals surface area contributed by atoms with E-state index in [1.807, 2.05) is 0 Å². The quantitative estimate of drug-likeness (QED) is 0.378. The minimum atomic E-state index is -0.563. The van der Waals surface area contributed by atoms with Crippen LogP contribution in [0, 0.1) is 0 Å². The first-order valence-corrected chi connectivity index (χ1v) is 14.1. The number of methoxy groups -OCH3 is 2. The first-order valence-electron chi connectivity index (χ1n) is 14.1. The van der Waals surface area contributed by atoms with E-state index < -0.39 is 10.5 Å². The van der Waals surface area contributed by atoms with Gasteiger partial charge >= 0.3 is 0 Å². The largest absolute Gasteiger partial charge is 0.493 e. The van der Waals surface area contributed by atoms with Gasteiger partial charge < -0.3 is 14.3 Å². The van der Waals surface area contributed by atoms with E-state index >= 15 is 0 Å². The Morgan fingerprint density at radius 1 is 0.838 bits per heavy atom. The van der Waals surface area contributed by atoms with Crippen molar-refractivity contribution in [3.8, 4) is 11.5 Å². The predicted molar refractivity (Wildman–Crippen MR) is 198 cm³/mol. The molecule has 2 unspecified atom stereocenters. The fourth-order valence-corrected chi connectivity index (χ4v) is 9.11. The molecule has 0 aromatic heterocycles. The summed E-state index contributed by atoms with van der Waals surface area (Å²) in [6.07, 6.45) is 0.954. The van der Waals surface area contributed by atoms with Crippen molar-refractivity contribution >= 4 is 127 Å². The van der Waals surface area contributed by atoms with Crippen LogP contribution < -0.4 is 20.4 Å². The molecule has 1 saturated heterocycles. The van der Waals surface area contributed by atoms with Crippen LogP contribution in [-0.4, -0.2) is 148 Å². The summed E-state index contributed by atoms with van der Waals surface area (Å²) in [5, 5.41) is -1.45. The Balaban J connectivity index is 2.27. The average Bonchev–Trinajstić information content (AvgIpc) is 2.76. The van der Waals surface area contributed by atoms with Crippen molar-refractivity contribution in [3.05, 3.63) is 11.1 Å². The Morgan fingerprint density at radius 2 is 1.30 bits per heavy atom. The minimum absolute atomic E-state index is 0.00511. The van der Waals surface area contributed by atoms with Crippen LogP contribution in [0.2, 0.25) is 31.3 Å². The number of hydrogen-bond donors (Lipinski definition) is 0. The zero-order valence-corrected chi connectivity index (χ0v) is 26.9. The summed E-state index contributed by atoms with van der Waals surface area (Å²) in [5.74, 6) is 2.00. The van der Waals surface area contributed by atoms with E-state index in [1.54, 1.807) is 14.2 Å². The lowest BCUT2D eigenvalue weighted by Crippen LogP contribution is -2.66. The van der Waals surface area contributed by atoms with Gasteiger partial charge in [0.25, 0.3) is 0 Å². The van der Waals surface area contributed by atoms with Crippen LogP contribution in [0.4, 0.5) is 0 Å². The van der Waals surface area contributed by atoms with Gasteiger partial charge in [-0.25, -0.2) is 0 Å². The van der Waals surface area contributed by atoms with Crippen LogP contribution in [0.3, 0.4) is 0 Å². The summed E-state index contributed by atoms with van der Waals surface area (Å²) in [6, 6.07) is 0.0154. The first kappa shape index (κ1) is 30.9. The Hall–Kier alpha value is -0.641. The SMILES string of the molecule is Bc1c2c(c(B)c(OC)c1OC)C1N(CC2)CC(B)(C(B)(B)C(B)(C(B)(B)B)C(B)(B)B)C(=O)C1(B)B. The summed E-state index contributed by atoms with van der Waals surface area (Å²) < 4.78 is 11.7. The zero-order valence-electron chi connectivity index (χ0n) is 26.9. The average molecular weight is 483 g/mol. The van der Waals surface area contributed by atoms with E-state index in [1.165, 1.54) is 11.1 Å². The van der Waals surface area contributed by atoms with E-state index in [0.717, 1.165) is 41.9 Å². The maximum absolute atomic E-state index is 15.0. The van der Waals surface area contributed by atoms with Crippen molar-refractivity contribution in [3.63, 3.8) is 0 Å². The molecule has 0 bridgehead atoms. The predicted octanol–water partition coefficient (Wildman–Crippen LogP) is -12.0. The molecule has 2 aliphatic heterocycles. The molecule has 2 heterocycles. The monoisotopic (exact) mass is 485 g/mol. The normalized spacial score (nSPS) is 24.6. The summed E-state index contributed by atoms with van der Waals surface area (Å²) >= 11 is 0. The third-order valence-electron chi connectivity index (χ3n) is 11.7. The van der Waals surface area contributed by atoms with E-state index in [-0.39, 0.29) is 26.8 Å². The molecule has 0 spiro atoms. The number of nitrogens with zero attached hydrogens (tertiary/aromatic N) is 1. The van der Waals surface area contributed by atoms with Crippen molar-refractivity contribution in [1.82, 2.24) is 4.90 Å². The van der Waals surface area contributed by atoms with Gasteiger partial charge in [-0.2, -0.15) is 0 Å². The maximum atomic E-state index is 15.0. The number of benzene rings is 1. The molecule has 1 aromatic carbocycles. The first-order chi connectivity index (χ1) is 16.6. The van der Waals surface area contributed by atoms with E-state index in [0.29, 0.717) is 5.78 Å². The molecule has 18 heteroatoms. The molecule has 0 amide bonds. The molecule has 1 fully saturated rings. The second-order valence-corrected chi connectivity index (χ2v) is 15.5. The van der Waals surface area contributed by atoms with Crippen molar-refractivity contribution < 1.29 is 14.3 Å². The Bertz CT molecular complexity index is 1100. The Kier molecular flexibility index (Phi) is 7.68. The van der Waals surface area contributed by atoms with Gasteiger partial charge in [-0.15, -0.1) is 10.2 Å². The van der Waals surface area contributed by atoms with Gasteiger partial charge in [0, 0.05) is 24.4 Å². The number of ketones is 1. The number of piperidine rings is 1. The third kappa shape index (κ3) is 3.99. The highest BCUT2D eigenvalue weighted by molar-refractivity contribution is 6.73. The fraction of sp³-hybridized carbons (Fsp3) is 0.632. The number of fused-ring (bicyclic) bond motifs is 3. The summed E-state index contributed by atoms with van der Waals surface area (Å²) in [5.41, 5.74) is 4.85. The number of Topliss-reactive ketones (excluding diaryl/α,β-unsaturated/α-hetero) is 1. The highest BCUT2D eigenvalue weighted by Crippen LogP contribution is 2.76. The van der Waals surface area contributed by atoms with E-state index in [4.69, 9.17) is 9.47 Å². The molecule has 2 atom stereocenters. The van der Waals surface area contributed by atoms with E-state index in [2.05, 4.69) is 115 Å². The second kappa shape index (κ2) is 9.20. The number of ether oxygens (including phenoxy) is 2. The van der Waals surface area contributed by atoms with Crippen LogP contribution in [0.1, 0.15) is 17.2 Å². The molecule has 182 valence electrons. The Morgan fingerprint density at radius 3 is 1.73 bits per heavy atom. The topological polar surface area (TPSA) is 38.8 Å². The standard InChI is InChI=1S/C19H41B14NO3/c1-36-10-8(20)6-3-4-34-5-14(22,17(26,27)16(25,18(28,29)30)19(31,32)33)13(35)15(23,24)12(34)7(6)9(21)11(10)37-2/h12H,3-5,20-33H2,1-2H3. The molecular formula is C19H41B14NO3. The molecule has 0 N–H and O–H groups in total. The molecule has 4 nitrogen and oxygen atoms in total. The van der Waals surface area contributed by atoms with Crippen molar-refractivity contribution in [2.24, 2.45) is 0 Å². The van der Waals surface area contributed by atoms with Crippen molar-refractivity contribution in [2.45, 2.75) is 43.7 Å². The maximum Gasteiger partial charge on any atom is 0.154 e. The fourth-order valence-electron chi connectivity index (χ4n) is 9.11. The molecular weight excluding hydrogens is 442 g/mol. The summed E-state index contributed by atoms with van der Waals surface area (Å²) in [6.45, 7) is 1.71.